The quantitative estimate of drug-likeness (QED) is 0.640. The van der Waals surface area contributed by atoms with Crippen molar-refractivity contribution in [3.05, 3.63) is 59.4 Å². The van der Waals surface area contributed by atoms with Crippen LogP contribution in [0.1, 0.15) is 5.56 Å². The van der Waals surface area contributed by atoms with E-state index < -0.39 is 0 Å². The van der Waals surface area contributed by atoms with E-state index in [1.807, 2.05) is 43.3 Å². The lowest BCUT2D eigenvalue weighted by Gasteiger charge is -2.13. The van der Waals surface area contributed by atoms with E-state index >= 15 is 0 Å². The summed E-state index contributed by atoms with van der Waals surface area (Å²) in [7, 11) is 3.23. The number of aromatic nitrogens is 2. The van der Waals surface area contributed by atoms with Gasteiger partial charge >= 0.3 is 0 Å². The fourth-order valence-corrected chi connectivity index (χ4v) is 2.58. The lowest BCUT2D eigenvalue weighted by molar-refractivity contribution is 0.405. The summed E-state index contributed by atoms with van der Waals surface area (Å²) in [4.78, 5) is 8.52. The molecule has 0 aliphatic heterocycles. The molecule has 1 heterocycles. The van der Waals surface area contributed by atoms with Crippen LogP contribution >= 0.6 is 11.6 Å². The molecular formula is C19H19ClN4O2. The van der Waals surface area contributed by atoms with Crippen molar-refractivity contribution in [3.63, 3.8) is 0 Å². The first-order valence-corrected chi connectivity index (χ1v) is 8.31. The van der Waals surface area contributed by atoms with Gasteiger partial charge < -0.3 is 20.1 Å². The third-order valence-corrected chi connectivity index (χ3v) is 4.03. The van der Waals surface area contributed by atoms with E-state index in [1.165, 1.54) is 6.33 Å². The molecule has 134 valence electrons. The number of ether oxygens (including phenoxy) is 2. The fraction of sp³-hybridized carbons (Fsp3) is 0.158. The third kappa shape index (κ3) is 4.15. The SMILES string of the molecule is COc1ccc(OC)c(Nc2cc(Nc3cc(Cl)ccc3C)ncn2)c1. The van der Waals surface area contributed by atoms with E-state index in [2.05, 4.69) is 20.6 Å². The number of rotatable bonds is 6. The van der Waals surface area contributed by atoms with Crippen LogP contribution < -0.4 is 20.1 Å². The molecule has 0 unspecified atom stereocenters. The molecule has 2 aromatic carbocycles. The van der Waals surface area contributed by atoms with Gasteiger partial charge in [0, 0.05) is 22.8 Å². The normalized spacial score (nSPS) is 10.3. The number of aryl methyl sites for hydroxylation is 1. The Morgan fingerprint density at radius 3 is 2.27 bits per heavy atom. The predicted octanol–water partition coefficient (Wildman–Crippen LogP) is 4.94. The molecule has 0 atom stereocenters. The number of benzene rings is 2. The zero-order valence-electron chi connectivity index (χ0n) is 14.7. The molecule has 0 spiro atoms. The average Bonchev–Trinajstić information content (AvgIpc) is 2.65. The Kier molecular flexibility index (Phi) is 5.43. The van der Waals surface area contributed by atoms with E-state index in [9.17, 15) is 0 Å². The zero-order chi connectivity index (χ0) is 18.5. The first kappa shape index (κ1) is 17.8. The third-order valence-electron chi connectivity index (χ3n) is 3.80. The van der Waals surface area contributed by atoms with E-state index in [1.54, 1.807) is 20.3 Å². The summed E-state index contributed by atoms with van der Waals surface area (Å²) in [5, 5.41) is 7.15. The van der Waals surface area contributed by atoms with Crippen molar-refractivity contribution < 1.29 is 9.47 Å². The molecule has 0 bridgehead atoms. The second-order valence-corrected chi connectivity index (χ2v) is 6.00. The van der Waals surface area contributed by atoms with Crippen LogP contribution in [-0.2, 0) is 0 Å². The van der Waals surface area contributed by atoms with E-state index in [0.29, 0.717) is 22.4 Å². The molecule has 0 amide bonds. The van der Waals surface area contributed by atoms with Gasteiger partial charge in [-0.3, -0.25) is 0 Å². The van der Waals surface area contributed by atoms with Crippen molar-refractivity contribution in [1.82, 2.24) is 9.97 Å². The Bertz CT molecular complexity index is 918. The molecule has 2 N–H and O–H groups in total. The summed E-state index contributed by atoms with van der Waals surface area (Å²) >= 11 is 6.07. The number of nitrogens with zero attached hydrogens (tertiary/aromatic N) is 2. The standard InChI is InChI=1S/C19H19ClN4O2/c1-12-4-5-13(20)8-15(12)23-18-10-19(22-11-21-18)24-16-9-14(25-2)6-7-17(16)26-3/h4-11H,1-3H3,(H2,21,22,23,24). The van der Waals surface area contributed by atoms with Crippen LogP contribution in [-0.4, -0.2) is 24.2 Å². The van der Waals surface area contributed by atoms with Crippen molar-refractivity contribution in [2.24, 2.45) is 0 Å². The molecule has 1 aromatic heterocycles. The maximum Gasteiger partial charge on any atom is 0.142 e. The van der Waals surface area contributed by atoms with Crippen LogP contribution in [0.4, 0.5) is 23.0 Å². The van der Waals surface area contributed by atoms with E-state index in [0.717, 1.165) is 22.7 Å². The van der Waals surface area contributed by atoms with Gasteiger partial charge in [0.05, 0.1) is 19.9 Å². The number of hydrogen-bond donors (Lipinski definition) is 2. The number of anilines is 4. The summed E-state index contributed by atoms with van der Waals surface area (Å²) < 4.78 is 10.6. The molecule has 26 heavy (non-hydrogen) atoms. The molecule has 3 rings (SSSR count). The molecule has 0 fully saturated rings. The molecule has 3 aromatic rings. The second-order valence-electron chi connectivity index (χ2n) is 5.56. The van der Waals surface area contributed by atoms with Gasteiger partial charge in [-0.1, -0.05) is 17.7 Å². The highest BCUT2D eigenvalue weighted by atomic mass is 35.5. The molecule has 0 aliphatic carbocycles. The molecule has 7 heteroatoms. The van der Waals surface area contributed by atoms with Gasteiger partial charge in [0.2, 0.25) is 0 Å². The maximum atomic E-state index is 6.07. The molecule has 6 nitrogen and oxygen atoms in total. The van der Waals surface area contributed by atoms with Gasteiger partial charge in [-0.25, -0.2) is 9.97 Å². The minimum atomic E-state index is 0.619. The summed E-state index contributed by atoms with van der Waals surface area (Å²) in [5.41, 5.74) is 2.70. The van der Waals surface area contributed by atoms with Crippen molar-refractivity contribution in [1.29, 1.82) is 0 Å². The van der Waals surface area contributed by atoms with Gasteiger partial charge in [-0.2, -0.15) is 0 Å². The Morgan fingerprint density at radius 2 is 1.58 bits per heavy atom. The summed E-state index contributed by atoms with van der Waals surface area (Å²) in [6.07, 6.45) is 1.48. The number of nitrogens with one attached hydrogen (secondary N) is 2. The molecule has 0 aliphatic rings. The van der Waals surface area contributed by atoms with E-state index in [4.69, 9.17) is 21.1 Å². The number of halogens is 1. The fourth-order valence-electron chi connectivity index (χ4n) is 2.41. The van der Waals surface area contributed by atoms with Crippen molar-refractivity contribution in [2.45, 2.75) is 6.92 Å². The first-order valence-electron chi connectivity index (χ1n) is 7.93. The highest BCUT2D eigenvalue weighted by Gasteiger charge is 2.08. The Morgan fingerprint density at radius 1 is 0.846 bits per heavy atom. The largest absolute Gasteiger partial charge is 0.497 e. The van der Waals surface area contributed by atoms with Gasteiger partial charge in [-0.15, -0.1) is 0 Å². The van der Waals surface area contributed by atoms with Crippen LogP contribution in [0.2, 0.25) is 5.02 Å². The molecule has 0 saturated carbocycles. The molecular weight excluding hydrogens is 352 g/mol. The Labute approximate surface area is 157 Å². The highest BCUT2D eigenvalue weighted by Crippen LogP contribution is 2.31. The zero-order valence-corrected chi connectivity index (χ0v) is 15.5. The predicted molar refractivity (Wildman–Crippen MR) is 104 cm³/mol. The van der Waals surface area contributed by atoms with Crippen LogP contribution in [0.5, 0.6) is 11.5 Å². The smallest absolute Gasteiger partial charge is 0.142 e. The Hall–Kier alpha value is -2.99. The van der Waals surface area contributed by atoms with Gasteiger partial charge in [0.1, 0.15) is 29.5 Å². The first-order chi connectivity index (χ1) is 12.6. The van der Waals surface area contributed by atoms with Gasteiger partial charge in [-0.05, 0) is 36.8 Å². The van der Waals surface area contributed by atoms with Crippen LogP contribution in [0.3, 0.4) is 0 Å². The van der Waals surface area contributed by atoms with Crippen molar-refractivity contribution in [2.75, 3.05) is 24.9 Å². The Balaban J connectivity index is 1.85. The van der Waals surface area contributed by atoms with Crippen LogP contribution in [0.25, 0.3) is 0 Å². The minimum Gasteiger partial charge on any atom is -0.497 e. The second kappa shape index (κ2) is 7.93. The van der Waals surface area contributed by atoms with Crippen molar-refractivity contribution in [3.8, 4) is 11.5 Å². The molecule has 0 radical (unpaired) electrons. The highest BCUT2D eigenvalue weighted by molar-refractivity contribution is 6.30. The van der Waals surface area contributed by atoms with Crippen molar-refractivity contribution >= 4 is 34.6 Å². The molecule has 0 saturated heterocycles. The lowest BCUT2D eigenvalue weighted by atomic mass is 10.2. The minimum absolute atomic E-state index is 0.619. The van der Waals surface area contributed by atoms with E-state index in [-0.39, 0.29) is 0 Å². The summed E-state index contributed by atoms with van der Waals surface area (Å²) in [6, 6.07) is 13.0. The number of hydrogen-bond acceptors (Lipinski definition) is 6. The topological polar surface area (TPSA) is 68.3 Å². The monoisotopic (exact) mass is 370 g/mol. The van der Waals surface area contributed by atoms with Crippen LogP contribution in [0, 0.1) is 6.92 Å². The van der Waals surface area contributed by atoms with Gasteiger partial charge in [0.15, 0.2) is 0 Å². The summed E-state index contributed by atoms with van der Waals surface area (Å²) in [5.74, 6) is 2.67. The summed E-state index contributed by atoms with van der Waals surface area (Å²) in [6.45, 7) is 2.00. The lowest BCUT2D eigenvalue weighted by Crippen LogP contribution is -2.01. The number of methoxy groups -OCH3 is 2. The maximum absolute atomic E-state index is 6.07. The van der Waals surface area contributed by atoms with Gasteiger partial charge in [0.25, 0.3) is 0 Å². The van der Waals surface area contributed by atoms with Crippen LogP contribution in [0.15, 0.2) is 48.8 Å². The average molecular weight is 371 g/mol.